The summed E-state index contributed by atoms with van der Waals surface area (Å²) in [6.45, 7) is 4.82. The van der Waals surface area contributed by atoms with Gasteiger partial charge in [-0.3, -0.25) is 0 Å². The Bertz CT molecular complexity index is 487. The Hall–Kier alpha value is -0.950. The van der Waals surface area contributed by atoms with Crippen LogP contribution in [0.2, 0.25) is 0 Å². The highest BCUT2D eigenvalue weighted by atomic mass is 32.2. The predicted molar refractivity (Wildman–Crippen MR) is 73.4 cm³/mol. The van der Waals surface area contributed by atoms with E-state index in [2.05, 4.69) is 4.72 Å². The maximum absolute atomic E-state index is 12.0. The second kappa shape index (κ2) is 7.59. The minimum Gasteiger partial charge on any atom is -0.388 e. The molecule has 6 heteroatoms. The van der Waals surface area contributed by atoms with Crippen molar-refractivity contribution >= 4 is 10.0 Å². The summed E-state index contributed by atoms with van der Waals surface area (Å²) in [7, 11) is -3.55. The third-order valence-electron chi connectivity index (χ3n) is 2.68. The van der Waals surface area contributed by atoms with Crippen molar-refractivity contribution in [2.45, 2.75) is 31.3 Å². The lowest BCUT2D eigenvalue weighted by Crippen LogP contribution is -2.27. The van der Waals surface area contributed by atoms with Crippen molar-refractivity contribution in [3.63, 3.8) is 0 Å². The number of sulfonamides is 1. The molecule has 1 aromatic carbocycles. The minimum absolute atomic E-state index is 0.161. The normalized spacial score (nSPS) is 13.4. The van der Waals surface area contributed by atoms with Crippen molar-refractivity contribution in [3.8, 4) is 0 Å². The van der Waals surface area contributed by atoms with Gasteiger partial charge in [0.05, 0.1) is 17.6 Å². The fourth-order valence-corrected chi connectivity index (χ4v) is 2.67. The number of hydrogen-bond acceptors (Lipinski definition) is 4. The Balaban J connectivity index is 2.77. The molecule has 5 nitrogen and oxygen atoms in total. The Morgan fingerprint density at radius 1 is 1.37 bits per heavy atom. The Morgan fingerprint density at radius 2 is 2.11 bits per heavy atom. The summed E-state index contributed by atoms with van der Waals surface area (Å²) in [5.74, 6) is 0. The van der Waals surface area contributed by atoms with Crippen LogP contribution >= 0.6 is 0 Å². The molecule has 0 amide bonds. The molecule has 0 aliphatic carbocycles. The van der Waals surface area contributed by atoms with Crippen LogP contribution in [0.3, 0.4) is 0 Å². The van der Waals surface area contributed by atoms with Gasteiger partial charge in [0.25, 0.3) is 0 Å². The molecule has 0 saturated carbocycles. The molecule has 0 radical (unpaired) electrons. The van der Waals surface area contributed by atoms with E-state index in [0.717, 1.165) is 0 Å². The van der Waals surface area contributed by atoms with E-state index >= 15 is 0 Å². The van der Waals surface area contributed by atoms with Crippen LogP contribution in [0.5, 0.6) is 0 Å². The predicted octanol–water partition coefficient (Wildman–Crippen LogP) is 1.44. The number of rotatable bonds is 8. The average Bonchev–Trinajstić information content (AvgIpc) is 2.43. The lowest BCUT2D eigenvalue weighted by atomic mass is 10.1. The number of aliphatic hydroxyl groups is 1. The summed E-state index contributed by atoms with van der Waals surface area (Å²) >= 11 is 0. The van der Waals surface area contributed by atoms with Crippen molar-refractivity contribution in [1.82, 2.24) is 4.72 Å². The van der Waals surface area contributed by atoms with Gasteiger partial charge in [-0.2, -0.15) is 0 Å². The Labute approximate surface area is 114 Å². The maximum Gasteiger partial charge on any atom is 0.240 e. The monoisotopic (exact) mass is 287 g/mol. The number of nitrogens with one attached hydrogen (secondary N) is 1. The zero-order valence-electron chi connectivity index (χ0n) is 11.3. The molecular weight excluding hydrogens is 266 g/mol. The van der Waals surface area contributed by atoms with Crippen molar-refractivity contribution in [3.05, 3.63) is 29.8 Å². The van der Waals surface area contributed by atoms with E-state index in [1.165, 1.54) is 12.1 Å². The van der Waals surface area contributed by atoms with Crippen molar-refractivity contribution < 1.29 is 18.3 Å². The number of benzene rings is 1. The van der Waals surface area contributed by atoms with Crippen LogP contribution in [0.15, 0.2) is 29.2 Å². The molecule has 1 aromatic rings. The molecule has 2 N–H and O–H groups in total. The van der Waals surface area contributed by atoms with Gasteiger partial charge in [-0.15, -0.1) is 0 Å². The Morgan fingerprint density at radius 3 is 2.74 bits per heavy atom. The van der Waals surface area contributed by atoms with Gasteiger partial charge in [0.2, 0.25) is 10.0 Å². The van der Waals surface area contributed by atoms with E-state index in [4.69, 9.17) is 4.74 Å². The fourth-order valence-electron chi connectivity index (χ4n) is 1.60. The zero-order chi connectivity index (χ0) is 14.3. The molecule has 0 aliphatic heterocycles. The third-order valence-corrected chi connectivity index (χ3v) is 4.14. The van der Waals surface area contributed by atoms with Crippen molar-refractivity contribution in [2.75, 3.05) is 19.8 Å². The summed E-state index contributed by atoms with van der Waals surface area (Å²) in [5, 5.41) is 9.73. The molecule has 1 unspecified atom stereocenters. The second-order valence-corrected chi connectivity index (χ2v) is 5.86. The van der Waals surface area contributed by atoms with Gasteiger partial charge in [-0.25, -0.2) is 13.1 Å². The summed E-state index contributed by atoms with van der Waals surface area (Å²) in [5.41, 5.74) is 0.607. The standard InChI is InChI=1S/C13H21NO4S/c1-3-13(15)11-6-5-7-12(10-11)19(16,17)14-8-9-18-4-2/h5-7,10,13-15H,3-4,8-9H2,1-2H3. The highest BCUT2D eigenvalue weighted by molar-refractivity contribution is 7.89. The molecule has 108 valence electrons. The lowest BCUT2D eigenvalue weighted by molar-refractivity contribution is 0.153. The first-order valence-electron chi connectivity index (χ1n) is 6.36. The lowest BCUT2D eigenvalue weighted by Gasteiger charge is -2.11. The molecular formula is C13H21NO4S. The highest BCUT2D eigenvalue weighted by Crippen LogP contribution is 2.19. The van der Waals surface area contributed by atoms with E-state index in [-0.39, 0.29) is 11.4 Å². The highest BCUT2D eigenvalue weighted by Gasteiger charge is 2.15. The van der Waals surface area contributed by atoms with E-state index < -0.39 is 16.1 Å². The van der Waals surface area contributed by atoms with Gasteiger partial charge in [-0.1, -0.05) is 19.1 Å². The van der Waals surface area contributed by atoms with Crippen molar-refractivity contribution in [1.29, 1.82) is 0 Å². The first-order chi connectivity index (χ1) is 9.01. The van der Waals surface area contributed by atoms with Crippen LogP contribution < -0.4 is 4.72 Å². The van der Waals surface area contributed by atoms with E-state index in [1.807, 2.05) is 13.8 Å². The van der Waals surface area contributed by atoms with Gasteiger partial charge in [-0.05, 0) is 31.0 Å². The van der Waals surface area contributed by atoms with Gasteiger partial charge in [0.1, 0.15) is 0 Å². The van der Waals surface area contributed by atoms with Crippen LogP contribution in [0.4, 0.5) is 0 Å². The first-order valence-corrected chi connectivity index (χ1v) is 7.85. The molecule has 0 heterocycles. The fraction of sp³-hybridized carbons (Fsp3) is 0.538. The quantitative estimate of drug-likeness (QED) is 0.710. The topological polar surface area (TPSA) is 75.6 Å². The smallest absolute Gasteiger partial charge is 0.240 e. The first kappa shape index (κ1) is 16.1. The average molecular weight is 287 g/mol. The Kier molecular flexibility index (Phi) is 6.44. The summed E-state index contributed by atoms with van der Waals surface area (Å²) < 4.78 is 31.6. The SMILES string of the molecule is CCOCCNS(=O)(=O)c1cccc(C(O)CC)c1. The van der Waals surface area contributed by atoms with E-state index in [0.29, 0.717) is 25.2 Å². The van der Waals surface area contributed by atoms with Crippen LogP contribution in [-0.4, -0.2) is 33.3 Å². The molecule has 0 aromatic heterocycles. The molecule has 1 atom stereocenters. The van der Waals surface area contributed by atoms with Crippen LogP contribution in [0.1, 0.15) is 31.9 Å². The van der Waals surface area contributed by atoms with Gasteiger partial charge >= 0.3 is 0 Å². The summed E-state index contributed by atoms with van der Waals surface area (Å²) in [4.78, 5) is 0.161. The molecule has 0 aliphatic rings. The van der Waals surface area contributed by atoms with Gasteiger partial charge in [0, 0.05) is 13.2 Å². The zero-order valence-corrected chi connectivity index (χ0v) is 12.1. The number of ether oxygens (including phenoxy) is 1. The van der Waals surface area contributed by atoms with Crippen molar-refractivity contribution in [2.24, 2.45) is 0 Å². The second-order valence-electron chi connectivity index (χ2n) is 4.09. The molecule has 1 rings (SSSR count). The van der Waals surface area contributed by atoms with E-state index in [1.54, 1.807) is 12.1 Å². The largest absolute Gasteiger partial charge is 0.388 e. The van der Waals surface area contributed by atoms with Gasteiger partial charge < -0.3 is 9.84 Å². The maximum atomic E-state index is 12.0. The minimum atomic E-state index is -3.55. The van der Waals surface area contributed by atoms with Crippen LogP contribution in [-0.2, 0) is 14.8 Å². The molecule has 0 bridgehead atoms. The summed E-state index contributed by atoms with van der Waals surface area (Å²) in [6.07, 6.45) is -0.0973. The summed E-state index contributed by atoms with van der Waals surface area (Å²) in [6, 6.07) is 6.35. The molecule has 0 fully saturated rings. The van der Waals surface area contributed by atoms with Crippen LogP contribution in [0, 0.1) is 0 Å². The molecule has 19 heavy (non-hydrogen) atoms. The van der Waals surface area contributed by atoms with Crippen LogP contribution in [0.25, 0.3) is 0 Å². The number of hydrogen-bond donors (Lipinski definition) is 2. The third kappa shape index (κ3) is 4.91. The molecule has 0 spiro atoms. The van der Waals surface area contributed by atoms with E-state index in [9.17, 15) is 13.5 Å². The van der Waals surface area contributed by atoms with Gasteiger partial charge in [0.15, 0.2) is 0 Å². The number of aliphatic hydroxyl groups excluding tert-OH is 1. The molecule has 0 saturated heterocycles.